The molecule has 102 valence electrons. The molecule has 1 aromatic rings. The molecule has 0 unspecified atom stereocenters. The predicted molar refractivity (Wildman–Crippen MR) is 74.7 cm³/mol. The van der Waals surface area contributed by atoms with E-state index in [-0.39, 0.29) is 0 Å². The summed E-state index contributed by atoms with van der Waals surface area (Å²) in [7, 11) is 0. The highest BCUT2D eigenvalue weighted by Crippen LogP contribution is 2.60. The number of pyridine rings is 1. The number of nitrogens with zero attached hydrogens (tertiary/aromatic N) is 1. The molecule has 0 amide bonds. The molecule has 2 N–H and O–H groups in total. The Hall–Kier alpha value is -1.25. The topological polar surface area (TPSA) is 48.1 Å². The normalized spacial score (nSPS) is 39.5. The first-order valence-corrected chi connectivity index (χ1v) is 7.56. The Bertz CT molecular complexity index is 450. The Morgan fingerprint density at radius 3 is 2.37 bits per heavy atom. The van der Waals surface area contributed by atoms with Crippen molar-refractivity contribution in [2.24, 2.45) is 23.2 Å². The van der Waals surface area contributed by atoms with Crippen LogP contribution in [0.2, 0.25) is 0 Å². The molecule has 0 spiro atoms. The lowest BCUT2D eigenvalue weighted by molar-refractivity contribution is -0.0744. The maximum atomic E-state index is 6.03. The van der Waals surface area contributed by atoms with E-state index in [1.807, 2.05) is 12.1 Å². The van der Waals surface area contributed by atoms with Crippen LogP contribution >= 0.6 is 0 Å². The van der Waals surface area contributed by atoms with Gasteiger partial charge in [0.1, 0.15) is 0 Å². The standard InChI is InChI=1S/C16H22N2O/c17-15-14(2-1-3-18-15)19-10-16-7-11-4-12(8-16)6-13(5-11)9-16/h1-3,11-13H,4-10H2,(H2,17,18). The van der Waals surface area contributed by atoms with Crippen LogP contribution in [0.15, 0.2) is 18.3 Å². The number of rotatable bonds is 3. The molecular formula is C16H22N2O. The lowest BCUT2D eigenvalue weighted by atomic mass is 9.50. The lowest BCUT2D eigenvalue weighted by Crippen LogP contribution is -2.48. The van der Waals surface area contributed by atoms with Crippen LogP contribution in [-0.4, -0.2) is 11.6 Å². The zero-order valence-corrected chi connectivity index (χ0v) is 11.3. The van der Waals surface area contributed by atoms with Gasteiger partial charge in [0.25, 0.3) is 0 Å². The first-order chi connectivity index (χ1) is 9.22. The summed E-state index contributed by atoms with van der Waals surface area (Å²) in [6.45, 7) is 0.840. The number of hydrogen-bond acceptors (Lipinski definition) is 3. The van der Waals surface area contributed by atoms with Gasteiger partial charge in [0.15, 0.2) is 11.6 Å². The number of hydrogen-bond donors (Lipinski definition) is 1. The summed E-state index contributed by atoms with van der Waals surface area (Å²) in [5.74, 6) is 4.20. The van der Waals surface area contributed by atoms with Gasteiger partial charge in [-0.1, -0.05) is 0 Å². The van der Waals surface area contributed by atoms with Crippen molar-refractivity contribution in [2.45, 2.75) is 38.5 Å². The summed E-state index contributed by atoms with van der Waals surface area (Å²) in [6.07, 6.45) is 10.3. The molecular weight excluding hydrogens is 236 g/mol. The Balaban J connectivity index is 1.49. The highest BCUT2D eigenvalue weighted by atomic mass is 16.5. The zero-order valence-electron chi connectivity index (χ0n) is 11.3. The van der Waals surface area contributed by atoms with E-state index in [9.17, 15) is 0 Å². The molecule has 19 heavy (non-hydrogen) atoms. The van der Waals surface area contributed by atoms with Gasteiger partial charge in [0, 0.05) is 11.6 Å². The van der Waals surface area contributed by atoms with Crippen LogP contribution in [0, 0.1) is 23.2 Å². The van der Waals surface area contributed by atoms with E-state index < -0.39 is 0 Å². The van der Waals surface area contributed by atoms with Gasteiger partial charge in [0.2, 0.25) is 0 Å². The lowest BCUT2D eigenvalue weighted by Gasteiger charge is -2.56. The first kappa shape index (κ1) is 11.6. The molecule has 1 heterocycles. The van der Waals surface area contributed by atoms with Crippen LogP contribution in [0.1, 0.15) is 38.5 Å². The van der Waals surface area contributed by atoms with Crippen LogP contribution < -0.4 is 10.5 Å². The molecule has 0 aliphatic heterocycles. The fraction of sp³-hybridized carbons (Fsp3) is 0.688. The molecule has 4 bridgehead atoms. The monoisotopic (exact) mass is 258 g/mol. The van der Waals surface area contributed by atoms with Gasteiger partial charge >= 0.3 is 0 Å². The average molecular weight is 258 g/mol. The Kier molecular flexibility index (Phi) is 2.51. The Labute approximate surface area is 114 Å². The third kappa shape index (κ3) is 1.99. The summed E-state index contributed by atoms with van der Waals surface area (Å²) in [5.41, 5.74) is 6.30. The van der Waals surface area contributed by atoms with Gasteiger partial charge in [-0.3, -0.25) is 0 Å². The van der Waals surface area contributed by atoms with E-state index in [0.717, 1.165) is 30.1 Å². The number of anilines is 1. The van der Waals surface area contributed by atoms with Gasteiger partial charge in [-0.05, 0) is 68.4 Å². The second kappa shape index (κ2) is 4.12. The minimum atomic E-state index is 0.441. The predicted octanol–water partition coefficient (Wildman–Crippen LogP) is 3.26. The van der Waals surface area contributed by atoms with E-state index in [1.165, 1.54) is 38.5 Å². The summed E-state index contributed by atoms with van der Waals surface area (Å²) >= 11 is 0. The van der Waals surface area contributed by atoms with E-state index in [4.69, 9.17) is 10.5 Å². The Morgan fingerprint density at radius 2 is 1.79 bits per heavy atom. The quantitative estimate of drug-likeness (QED) is 0.905. The number of nitrogen functional groups attached to an aromatic ring is 1. The van der Waals surface area contributed by atoms with Crippen molar-refractivity contribution < 1.29 is 4.74 Å². The molecule has 0 radical (unpaired) electrons. The van der Waals surface area contributed by atoms with Gasteiger partial charge in [-0.25, -0.2) is 4.98 Å². The third-order valence-electron chi connectivity index (χ3n) is 5.50. The van der Waals surface area contributed by atoms with Crippen molar-refractivity contribution in [1.29, 1.82) is 0 Å². The maximum Gasteiger partial charge on any atom is 0.166 e. The molecule has 0 saturated heterocycles. The van der Waals surface area contributed by atoms with Crippen LogP contribution in [0.3, 0.4) is 0 Å². The number of nitrogens with two attached hydrogens (primary N) is 1. The van der Waals surface area contributed by atoms with Crippen molar-refractivity contribution in [3.63, 3.8) is 0 Å². The summed E-state index contributed by atoms with van der Waals surface area (Å²) in [6, 6.07) is 3.83. The van der Waals surface area contributed by atoms with Crippen molar-refractivity contribution in [1.82, 2.24) is 4.98 Å². The van der Waals surface area contributed by atoms with Gasteiger partial charge < -0.3 is 10.5 Å². The maximum absolute atomic E-state index is 6.03. The summed E-state index contributed by atoms with van der Waals surface area (Å²) < 4.78 is 6.03. The molecule has 5 rings (SSSR count). The fourth-order valence-electron chi connectivity index (χ4n) is 5.22. The van der Waals surface area contributed by atoms with Crippen LogP contribution in [0.4, 0.5) is 5.82 Å². The van der Waals surface area contributed by atoms with Crippen molar-refractivity contribution >= 4 is 5.82 Å². The van der Waals surface area contributed by atoms with E-state index in [2.05, 4.69) is 4.98 Å². The van der Waals surface area contributed by atoms with Gasteiger partial charge in [-0.15, -0.1) is 0 Å². The number of ether oxygens (including phenoxy) is 1. The average Bonchev–Trinajstić information content (AvgIpc) is 2.36. The molecule has 4 aliphatic rings. The summed E-state index contributed by atoms with van der Waals surface area (Å²) in [5, 5.41) is 0. The molecule has 0 aromatic carbocycles. The second-order valence-corrected chi connectivity index (χ2v) is 7.09. The van der Waals surface area contributed by atoms with Gasteiger partial charge in [-0.2, -0.15) is 0 Å². The number of aromatic nitrogens is 1. The first-order valence-electron chi connectivity index (χ1n) is 7.56. The minimum absolute atomic E-state index is 0.441. The van der Waals surface area contributed by atoms with Crippen LogP contribution in [0.25, 0.3) is 0 Å². The SMILES string of the molecule is Nc1ncccc1OCC12CC3CC(CC(C3)C1)C2. The van der Waals surface area contributed by atoms with Crippen molar-refractivity contribution in [3.8, 4) is 5.75 Å². The highest BCUT2D eigenvalue weighted by molar-refractivity contribution is 5.44. The highest BCUT2D eigenvalue weighted by Gasteiger charge is 2.51. The van der Waals surface area contributed by atoms with E-state index in [1.54, 1.807) is 6.20 Å². The molecule has 3 nitrogen and oxygen atoms in total. The third-order valence-corrected chi connectivity index (χ3v) is 5.50. The summed E-state index contributed by atoms with van der Waals surface area (Å²) in [4.78, 5) is 4.10. The zero-order chi connectivity index (χ0) is 12.9. The smallest absolute Gasteiger partial charge is 0.166 e. The molecule has 4 fully saturated rings. The Morgan fingerprint density at radius 1 is 1.16 bits per heavy atom. The van der Waals surface area contributed by atoms with Crippen molar-refractivity contribution in [2.75, 3.05) is 12.3 Å². The molecule has 4 aliphatic carbocycles. The second-order valence-electron chi connectivity index (χ2n) is 7.09. The fourth-order valence-corrected chi connectivity index (χ4v) is 5.22. The van der Waals surface area contributed by atoms with E-state index >= 15 is 0 Å². The minimum Gasteiger partial charge on any atom is -0.489 e. The van der Waals surface area contributed by atoms with E-state index in [0.29, 0.717) is 11.2 Å². The van der Waals surface area contributed by atoms with Crippen molar-refractivity contribution in [3.05, 3.63) is 18.3 Å². The van der Waals surface area contributed by atoms with Crippen LogP contribution in [0.5, 0.6) is 5.75 Å². The van der Waals surface area contributed by atoms with Crippen LogP contribution in [-0.2, 0) is 0 Å². The van der Waals surface area contributed by atoms with Gasteiger partial charge in [0.05, 0.1) is 6.61 Å². The molecule has 0 atom stereocenters. The molecule has 4 saturated carbocycles. The molecule has 1 aromatic heterocycles. The largest absolute Gasteiger partial charge is 0.489 e. The molecule has 3 heteroatoms.